The Morgan fingerprint density at radius 1 is 1.24 bits per heavy atom. The van der Waals surface area contributed by atoms with Gasteiger partial charge >= 0.3 is 5.97 Å². The normalized spacial score (nSPS) is 23.5. The molecule has 0 bridgehead atoms. The lowest BCUT2D eigenvalue weighted by Crippen LogP contribution is -2.49. The Morgan fingerprint density at radius 3 is 2.24 bits per heavy atom. The van der Waals surface area contributed by atoms with Gasteiger partial charge < -0.3 is 5.11 Å². The summed E-state index contributed by atoms with van der Waals surface area (Å²) in [6.45, 7) is 5.32. The van der Waals surface area contributed by atoms with E-state index in [2.05, 4.69) is 18.7 Å². The zero-order chi connectivity index (χ0) is 12.4. The van der Waals surface area contributed by atoms with Gasteiger partial charge in [0.1, 0.15) is 6.04 Å². The standard InChI is InChI=1S/C14H25NO2/c1-10(2)9-15(12-5-3-4-6-12)13(14(16)17)11-7-8-11/h10-13H,3-9H2,1-2H3,(H,16,17). The molecule has 2 saturated carbocycles. The van der Waals surface area contributed by atoms with Gasteiger partial charge in [-0.15, -0.1) is 0 Å². The summed E-state index contributed by atoms with van der Waals surface area (Å²) in [5, 5.41) is 9.49. The number of hydrogen-bond donors (Lipinski definition) is 1. The molecule has 0 radical (unpaired) electrons. The van der Waals surface area contributed by atoms with Gasteiger partial charge in [-0.3, -0.25) is 9.69 Å². The van der Waals surface area contributed by atoms with E-state index in [0.717, 1.165) is 19.4 Å². The molecule has 1 unspecified atom stereocenters. The minimum absolute atomic E-state index is 0.208. The Morgan fingerprint density at radius 2 is 1.82 bits per heavy atom. The lowest BCUT2D eigenvalue weighted by Gasteiger charge is -2.35. The molecule has 98 valence electrons. The van der Waals surface area contributed by atoms with Gasteiger partial charge in [0.15, 0.2) is 0 Å². The molecule has 0 heterocycles. The fourth-order valence-corrected chi connectivity index (χ4v) is 3.17. The van der Waals surface area contributed by atoms with Crippen molar-refractivity contribution in [3.8, 4) is 0 Å². The quantitative estimate of drug-likeness (QED) is 0.775. The van der Waals surface area contributed by atoms with Crippen LogP contribution in [-0.4, -0.2) is 34.6 Å². The largest absolute Gasteiger partial charge is 0.480 e. The van der Waals surface area contributed by atoms with Crippen molar-refractivity contribution in [1.29, 1.82) is 0 Å². The Kier molecular flexibility index (Phi) is 4.08. The maximum Gasteiger partial charge on any atom is 0.321 e. The van der Waals surface area contributed by atoms with Crippen LogP contribution in [0.2, 0.25) is 0 Å². The average Bonchev–Trinajstić information content (AvgIpc) is 2.92. The zero-order valence-electron chi connectivity index (χ0n) is 11.1. The molecule has 0 aromatic heterocycles. The van der Waals surface area contributed by atoms with Gasteiger partial charge in [-0.25, -0.2) is 0 Å². The van der Waals surface area contributed by atoms with Crippen LogP contribution in [-0.2, 0) is 4.79 Å². The van der Waals surface area contributed by atoms with Crippen molar-refractivity contribution >= 4 is 5.97 Å². The van der Waals surface area contributed by atoms with Crippen LogP contribution in [0.1, 0.15) is 52.4 Å². The molecule has 3 heteroatoms. The fourth-order valence-electron chi connectivity index (χ4n) is 3.17. The molecule has 2 fully saturated rings. The molecule has 3 nitrogen and oxygen atoms in total. The van der Waals surface area contributed by atoms with E-state index in [1.807, 2.05) is 0 Å². The van der Waals surface area contributed by atoms with E-state index in [4.69, 9.17) is 0 Å². The smallest absolute Gasteiger partial charge is 0.321 e. The number of nitrogens with zero attached hydrogens (tertiary/aromatic N) is 1. The van der Waals surface area contributed by atoms with Crippen molar-refractivity contribution in [3.05, 3.63) is 0 Å². The molecule has 1 N–H and O–H groups in total. The van der Waals surface area contributed by atoms with Gasteiger partial charge in [0.2, 0.25) is 0 Å². The van der Waals surface area contributed by atoms with Crippen LogP contribution >= 0.6 is 0 Å². The summed E-state index contributed by atoms with van der Waals surface area (Å²) in [7, 11) is 0. The summed E-state index contributed by atoms with van der Waals surface area (Å²) in [5.74, 6) is 0.378. The van der Waals surface area contributed by atoms with Crippen molar-refractivity contribution < 1.29 is 9.90 Å². The van der Waals surface area contributed by atoms with Crippen molar-refractivity contribution in [2.75, 3.05) is 6.54 Å². The maximum atomic E-state index is 11.5. The SMILES string of the molecule is CC(C)CN(C1CCCC1)C(C(=O)O)C1CC1. The molecular weight excluding hydrogens is 214 g/mol. The Hall–Kier alpha value is -0.570. The summed E-state index contributed by atoms with van der Waals surface area (Å²) in [5.41, 5.74) is 0. The van der Waals surface area contributed by atoms with Gasteiger partial charge in [-0.05, 0) is 37.5 Å². The summed E-state index contributed by atoms with van der Waals surface area (Å²) in [6, 6.07) is 0.319. The average molecular weight is 239 g/mol. The molecule has 0 amide bonds. The molecular formula is C14H25NO2. The third kappa shape index (κ3) is 3.21. The van der Waals surface area contributed by atoms with E-state index in [1.165, 1.54) is 25.7 Å². The van der Waals surface area contributed by atoms with Gasteiger partial charge in [0, 0.05) is 12.6 Å². The number of aliphatic carboxylic acids is 1. The first-order valence-corrected chi connectivity index (χ1v) is 7.08. The van der Waals surface area contributed by atoms with E-state index >= 15 is 0 Å². The molecule has 2 rings (SSSR count). The Balaban J connectivity index is 2.08. The van der Waals surface area contributed by atoms with E-state index < -0.39 is 5.97 Å². The monoisotopic (exact) mass is 239 g/mol. The second-order valence-corrected chi connectivity index (χ2v) is 6.15. The number of carboxylic acids is 1. The first-order valence-electron chi connectivity index (χ1n) is 7.08. The van der Waals surface area contributed by atoms with Crippen molar-refractivity contribution in [2.24, 2.45) is 11.8 Å². The summed E-state index contributed by atoms with van der Waals surface area (Å²) in [4.78, 5) is 13.8. The van der Waals surface area contributed by atoms with Crippen LogP contribution in [0.4, 0.5) is 0 Å². The highest BCUT2D eigenvalue weighted by Crippen LogP contribution is 2.38. The minimum Gasteiger partial charge on any atom is -0.480 e. The highest BCUT2D eigenvalue weighted by atomic mass is 16.4. The molecule has 17 heavy (non-hydrogen) atoms. The summed E-state index contributed by atoms with van der Waals surface area (Å²) >= 11 is 0. The van der Waals surface area contributed by atoms with Crippen LogP contribution < -0.4 is 0 Å². The molecule has 0 saturated heterocycles. The molecule has 2 aliphatic rings. The van der Waals surface area contributed by atoms with E-state index in [9.17, 15) is 9.90 Å². The second-order valence-electron chi connectivity index (χ2n) is 6.15. The highest BCUT2D eigenvalue weighted by Gasteiger charge is 2.43. The molecule has 1 atom stereocenters. The molecule has 0 aromatic rings. The van der Waals surface area contributed by atoms with Crippen LogP contribution in [0.15, 0.2) is 0 Å². The van der Waals surface area contributed by atoms with Crippen LogP contribution in [0.5, 0.6) is 0 Å². The van der Waals surface area contributed by atoms with Crippen molar-refractivity contribution in [1.82, 2.24) is 4.90 Å². The lowest BCUT2D eigenvalue weighted by molar-refractivity contribution is -0.145. The van der Waals surface area contributed by atoms with Crippen LogP contribution in [0.25, 0.3) is 0 Å². The number of rotatable bonds is 6. The Labute approximate surface area is 104 Å². The number of hydrogen-bond acceptors (Lipinski definition) is 2. The minimum atomic E-state index is -0.597. The molecule has 0 spiro atoms. The lowest BCUT2D eigenvalue weighted by atomic mass is 10.0. The van der Waals surface area contributed by atoms with Crippen molar-refractivity contribution in [3.63, 3.8) is 0 Å². The van der Waals surface area contributed by atoms with E-state index in [0.29, 0.717) is 17.9 Å². The van der Waals surface area contributed by atoms with Gasteiger partial charge in [-0.1, -0.05) is 26.7 Å². The predicted molar refractivity (Wildman–Crippen MR) is 67.9 cm³/mol. The summed E-state index contributed by atoms with van der Waals surface area (Å²) < 4.78 is 0. The van der Waals surface area contributed by atoms with E-state index in [-0.39, 0.29) is 6.04 Å². The maximum absolute atomic E-state index is 11.5. The zero-order valence-corrected chi connectivity index (χ0v) is 11.1. The number of carboxylic acid groups (broad SMARTS) is 1. The first-order chi connectivity index (χ1) is 8.09. The van der Waals surface area contributed by atoms with Crippen LogP contribution in [0, 0.1) is 11.8 Å². The van der Waals surface area contributed by atoms with Crippen LogP contribution in [0.3, 0.4) is 0 Å². The van der Waals surface area contributed by atoms with Gasteiger partial charge in [0.05, 0.1) is 0 Å². The third-order valence-electron chi connectivity index (χ3n) is 4.05. The number of carbonyl (C=O) groups is 1. The third-order valence-corrected chi connectivity index (χ3v) is 4.05. The van der Waals surface area contributed by atoms with Gasteiger partial charge in [0.25, 0.3) is 0 Å². The van der Waals surface area contributed by atoms with Crippen molar-refractivity contribution in [2.45, 2.75) is 64.5 Å². The van der Waals surface area contributed by atoms with E-state index in [1.54, 1.807) is 0 Å². The molecule has 0 aromatic carbocycles. The first kappa shape index (κ1) is 12.9. The summed E-state index contributed by atoms with van der Waals surface area (Å²) in [6.07, 6.45) is 7.16. The topological polar surface area (TPSA) is 40.5 Å². The molecule has 2 aliphatic carbocycles. The second kappa shape index (κ2) is 5.38. The molecule has 0 aliphatic heterocycles. The fraction of sp³-hybridized carbons (Fsp3) is 0.929. The van der Waals surface area contributed by atoms with Gasteiger partial charge in [-0.2, -0.15) is 0 Å². The highest BCUT2D eigenvalue weighted by molar-refractivity contribution is 5.74. The predicted octanol–water partition coefficient (Wildman–Crippen LogP) is 2.75. The Bertz CT molecular complexity index is 267.